The summed E-state index contributed by atoms with van der Waals surface area (Å²) >= 11 is 0. The van der Waals surface area contributed by atoms with E-state index in [1.54, 1.807) is 7.11 Å². The number of carbonyl (C=O) groups excluding carboxylic acids is 1. The van der Waals surface area contributed by atoms with Gasteiger partial charge in [-0.1, -0.05) is 24.3 Å². The number of amides is 1. The van der Waals surface area contributed by atoms with E-state index in [-0.39, 0.29) is 25.0 Å². The van der Waals surface area contributed by atoms with E-state index < -0.39 is 6.10 Å². The lowest BCUT2D eigenvalue weighted by molar-refractivity contribution is -0.125. The van der Waals surface area contributed by atoms with Crippen LogP contribution in [0.5, 0.6) is 5.75 Å². The van der Waals surface area contributed by atoms with Crippen LogP contribution in [0.15, 0.2) is 36.4 Å². The van der Waals surface area contributed by atoms with Crippen molar-refractivity contribution >= 4 is 5.91 Å². The van der Waals surface area contributed by atoms with Crippen LogP contribution in [0.4, 0.5) is 0 Å². The van der Waals surface area contributed by atoms with Gasteiger partial charge in [0.1, 0.15) is 5.75 Å². The lowest BCUT2D eigenvalue weighted by Gasteiger charge is -2.19. The van der Waals surface area contributed by atoms with Crippen molar-refractivity contribution in [2.45, 2.75) is 32.0 Å². The first-order valence-electron chi connectivity index (χ1n) is 8.00. The fourth-order valence-electron chi connectivity index (χ4n) is 2.49. The highest BCUT2D eigenvalue weighted by Gasteiger charge is 2.19. The second-order valence-electron chi connectivity index (χ2n) is 5.74. The average molecular weight is 319 g/mol. The molecule has 126 valence electrons. The molecule has 2 rings (SSSR count). The molecule has 0 saturated heterocycles. The van der Waals surface area contributed by atoms with Crippen molar-refractivity contribution in [3.63, 3.8) is 0 Å². The minimum Gasteiger partial charge on any atom is -0.497 e. The van der Waals surface area contributed by atoms with Crippen LogP contribution in [0.1, 0.15) is 24.8 Å². The van der Waals surface area contributed by atoms with Crippen LogP contribution in [-0.4, -0.2) is 37.4 Å². The SMILES string of the molecule is COc1ccc(COC[C@H](O)CNC(=O)[C@@H]2CC=CCC2)cc1. The summed E-state index contributed by atoms with van der Waals surface area (Å²) in [5.74, 6) is 0.852. The van der Waals surface area contributed by atoms with Gasteiger partial charge in [0.2, 0.25) is 5.91 Å². The van der Waals surface area contributed by atoms with Crippen molar-refractivity contribution in [2.24, 2.45) is 5.92 Å². The number of benzene rings is 1. The van der Waals surface area contributed by atoms with Gasteiger partial charge in [-0.15, -0.1) is 0 Å². The molecule has 0 fully saturated rings. The van der Waals surface area contributed by atoms with E-state index in [0.29, 0.717) is 6.61 Å². The van der Waals surface area contributed by atoms with E-state index >= 15 is 0 Å². The van der Waals surface area contributed by atoms with Gasteiger partial charge in [0, 0.05) is 12.5 Å². The molecule has 0 unspecified atom stereocenters. The quantitative estimate of drug-likeness (QED) is 0.720. The number of nitrogens with one attached hydrogen (secondary N) is 1. The fraction of sp³-hybridized carbons (Fsp3) is 0.500. The summed E-state index contributed by atoms with van der Waals surface area (Å²) in [6.07, 6.45) is 6.07. The van der Waals surface area contributed by atoms with E-state index in [2.05, 4.69) is 11.4 Å². The molecule has 0 spiro atoms. The molecule has 1 amide bonds. The lowest BCUT2D eigenvalue weighted by atomic mass is 9.94. The molecule has 0 aromatic heterocycles. The second-order valence-corrected chi connectivity index (χ2v) is 5.74. The van der Waals surface area contributed by atoms with Crippen molar-refractivity contribution in [3.05, 3.63) is 42.0 Å². The van der Waals surface area contributed by atoms with Gasteiger partial charge in [0.05, 0.1) is 26.4 Å². The third-order valence-corrected chi connectivity index (χ3v) is 3.89. The molecule has 23 heavy (non-hydrogen) atoms. The zero-order valence-electron chi connectivity index (χ0n) is 13.5. The predicted octanol–water partition coefficient (Wildman–Crippen LogP) is 2.05. The first kappa shape index (κ1) is 17.5. The number of rotatable bonds is 8. The number of ether oxygens (including phenoxy) is 2. The largest absolute Gasteiger partial charge is 0.497 e. The Morgan fingerprint density at radius 3 is 2.78 bits per heavy atom. The molecule has 2 atom stereocenters. The van der Waals surface area contributed by atoms with Crippen LogP contribution in [-0.2, 0) is 16.1 Å². The number of methoxy groups -OCH3 is 1. The maximum atomic E-state index is 11.9. The van der Waals surface area contributed by atoms with Gasteiger partial charge in [-0.05, 0) is 37.0 Å². The minimum absolute atomic E-state index is 0.0172. The number of aliphatic hydroxyl groups excluding tert-OH is 1. The molecule has 1 aliphatic rings. The molecule has 1 aromatic carbocycles. The highest BCUT2D eigenvalue weighted by Crippen LogP contribution is 2.17. The average Bonchev–Trinajstić information content (AvgIpc) is 2.61. The molecule has 1 aromatic rings. The van der Waals surface area contributed by atoms with E-state index in [9.17, 15) is 9.90 Å². The van der Waals surface area contributed by atoms with E-state index in [1.165, 1.54) is 0 Å². The molecule has 0 radical (unpaired) electrons. The van der Waals surface area contributed by atoms with Crippen molar-refractivity contribution in [2.75, 3.05) is 20.3 Å². The summed E-state index contributed by atoms with van der Waals surface area (Å²) in [6, 6.07) is 7.58. The Bertz CT molecular complexity index is 512. The van der Waals surface area contributed by atoms with Crippen LogP contribution in [0.2, 0.25) is 0 Å². The molecule has 2 N–H and O–H groups in total. The lowest BCUT2D eigenvalue weighted by Crippen LogP contribution is -2.38. The number of aliphatic hydroxyl groups is 1. The Balaban J connectivity index is 1.61. The summed E-state index contributed by atoms with van der Waals surface area (Å²) in [5.41, 5.74) is 1.01. The number of allylic oxidation sites excluding steroid dienone is 2. The Morgan fingerprint density at radius 1 is 1.35 bits per heavy atom. The van der Waals surface area contributed by atoms with Gasteiger partial charge in [-0.2, -0.15) is 0 Å². The van der Waals surface area contributed by atoms with Gasteiger partial charge >= 0.3 is 0 Å². The molecule has 0 bridgehead atoms. The third kappa shape index (κ3) is 6.04. The van der Waals surface area contributed by atoms with Crippen LogP contribution in [0.25, 0.3) is 0 Å². The highest BCUT2D eigenvalue weighted by atomic mass is 16.5. The summed E-state index contributed by atoms with van der Waals surface area (Å²) in [5, 5.41) is 12.7. The topological polar surface area (TPSA) is 67.8 Å². The molecule has 0 heterocycles. The van der Waals surface area contributed by atoms with Gasteiger partial charge < -0.3 is 19.9 Å². The fourth-order valence-corrected chi connectivity index (χ4v) is 2.49. The summed E-state index contributed by atoms with van der Waals surface area (Å²) < 4.78 is 10.6. The van der Waals surface area contributed by atoms with E-state index in [1.807, 2.05) is 30.3 Å². The smallest absolute Gasteiger partial charge is 0.223 e. The third-order valence-electron chi connectivity index (χ3n) is 3.89. The van der Waals surface area contributed by atoms with Crippen LogP contribution >= 0.6 is 0 Å². The molecular weight excluding hydrogens is 294 g/mol. The van der Waals surface area contributed by atoms with Crippen molar-refractivity contribution in [1.29, 1.82) is 0 Å². The first-order valence-corrected chi connectivity index (χ1v) is 8.00. The summed E-state index contributed by atoms with van der Waals surface area (Å²) in [7, 11) is 1.62. The van der Waals surface area contributed by atoms with Gasteiger partial charge in [0.25, 0.3) is 0 Å². The Kier molecular flexibility index (Phi) is 7.10. The summed E-state index contributed by atoms with van der Waals surface area (Å²) in [6.45, 7) is 0.834. The maximum Gasteiger partial charge on any atom is 0.223 e. The van der Waals surface area contributed by atoms with Gasteiger partial charge in [-0.3, -0.25) is 4.79 Å². The number of carbonyl (C=O) groups is 1. The van der Waals surface area contributed by atoms with Crippen molar-refractivity contribution in [3.8, 4) is 5.75 Å². The van der Waals surface area contributed by atoms with Crippen LogP contribution in [0.3, 0.4) is 0 Å². The Morgan fingerprint density at radius 2 is 2.13 bits per heavy atom. The number of hydrogen-bond acceptors (Lipinski definition) is 4. The molecular formula is C18H25NO4. The van der Waals surface area contributed by atoms with E-state index in [0.717, 1.165) is 30.6 Å². The van der Waals surface area contributed by atoms with Gasteiger partial charge in [-0.25, -0.2) is 0 Å². The Hall–Kier alpha value is -1.85. The van der Waals surface area contributed by atoms with Gasteiger partial charge in [0.15, 0.2) is 0 Å². The van der Waals surface area contributed by atoms with Crippen molar-refractivity contribution in [1.82, 2.24) is 5.32 Å². The Labute approximate surface area is 137 Å². The number of hydrogen-bond donors (Lipinski definition) is 2. The predicted molar refractivity (Wildman–Crippen MR) is 88.1 cm³/mol. The zero-order chi connectivity index (χ0) is 16.5. The molecule has 5 heteroatoms. The molecule has 0 aliphatic heterocycles. The van der Waals surface area contributed by atoms with E-state index in [4.69, 9.17) is 9.47 Å². The highest BCUT2D eigenvalue weighted by molar-refractivity contribution is 5.78. The monoisotopic (exact) mass is 319 g/mol. The zero-order valence-corrected chi connectivity index (χ0v) is 13.5. The molecule has 5 nitrogen and oxygen atoms in total. The minimum atomic E-state index is -0.698. The van der Waals surface area contributed by atoms with Crippen LogP contribution in [0, 0.1) is 5.92 Å². The van der Waals surface area contributed by atoms with Crippen LogP contribution < -0.4 is 10.1 Å². The normalized spacial score (nSPS) is 18.4. The molecule has 0 saturated carbocycles. The molecule has 1 aliphatic carbocycles. The standard InChI is InChI=1S/C18H25NO4/c1-22-17-9-7-14(8-10-17)12-23-13-16(20)11-19-18(21)15-5-3-2-4-6-15/h2-3,7-10,15-16,20H,4-6,11-13H2,1H3,(H,19,21)/t15-,16-/m1/s1. The maximum absolute atomic E-state index is 11.9. The van der Waals surface area contributed by atoms with Crippen molar-refractivity contribution < 1.29 is 19.4 Å². The summed E-state index contributed by atoms with van der Waals surface area (Å²) in [4.78, 5) is 11.9. The second kappa shape index (κ2) is 9.33. The first-order chi connectivity index (χ1) is 11.2.